The molecule has 0 radical (unpaired) electrons. The summed E-state index contributed by atoms with van der Waals surface area (Å²) >= 11 is 0. The molecule has 1 aliphatic heterocycles. The van der Waals surface area contributed by atoms with Gasteiger partial charge in [-0.3, -0.25) is 0 Å². The molecule has 3 rings (SSSR count). The third-order valence-electron chi connectivity index (χ3n) is 6.92. The van der Waals surface area contributed by atoms with Crippen molar-refractivity contribution in [3.05, 3.63) is 53.6 Å². The molecule has 0 saturated carbocycles. The first-order chi connectivity index (χ1) is 16.1. The van der Waals surface area contributed by atoms with Gasteiger partial charge < -0.3 is 25.1 Å². The van der Waals surface area contributed by atoms with E-state index >= 15 is 0 Å². The molecule has 3 N–H and O–H groups in total. The van der Waals surface area contributed by atoms with Crippen LogP contribution in [0.5, 0.6) is 17.2 Å². The van der Waals surface area contributed by atoms with E-state index in [-0.39, 0.29) is 36.3 Å². The Morgan fingerprint density at radius 1 is 0.886 bits per heavy atom. The summed E-state index contributed by atoms with van der Waals surface area (Å²) in [5.41, 5.74) is 2.14. The number of para-hydroxylation sites is 1. The molecule has 0 amide bonds. The number of aromatic hydroxyl groups is 3. The van der Waals surface area contributed by atoms with E-state index in [0.29, 0.717) is 11.8 Å². The van der Waals surface area contributed by atoms with Crippen LogP contribution < -0.4 is 0 Å². The zero-order chi connectivity index (χ0) is 23.5. The van der Waals surface area contributed by atoms with Crippen LogP contribution in [0.15, 0.2) is 42.5 Å². The number of unbranched alkanes of at least 4 members (excludes halogenated alkanes) is 3. The number of hydrogen-bond acceptors (Lipinski definition) is 5. The van der Waals surface area contributed by atoms with Crippen LogP contribution in [0.3, 0.4) is 0 Å². The van der Waals surface area contributed by atoms with Crippen LogP contribution >= 0.6 is 24.8 Å². The highest BCUT2D eigenvalue weighted by Gasteiger charge is 2.25. The Hall–Kier alpha value is -1.66. The Balaban J connectivity index is 0.00000306. The van der Waals surface area contributed by atoms with Crippen LogP contribution in [-0.4, -0.2) is 63.9 Å². The highest BCUT2D eigenvalue weighted by molar-refractivity contribution is 5.85. The van der Waals surface area contributed by atoms with Gasteiger partial charge in [-0.15, -0.1) is 24.8 Å². The van der Waals surface area contributed by atoms with Crippen molar-refractivity contribution in [3.63, 3.8) is 0 Å². The minimum atomic E-state index is -0.0165. The van der Waals surface area contributed by atoms with Crippen LogP contribution in [0.25, 0.3) is 0 Å². The van der Waals surface area contributed by atoms with Crippen molar-refractivity contribution in [2.24, 2.45) is 0 Å². The molecule has 1 unspecified atom stereocenters. The Morgan fingerprint density at radius 3 is 2.37 bits per heavy atom. The van der Waals surface area contributed by atoms with Gasteiger partial charge >= 0.3 is 0 Å². The van der Waals surface area contributed by atoms with E-state index in [4.69, 9.17) is 0 Å². The minimum absolute atomic E-state index is 0. The number of rotatable bonds is 14. The highest BCUT2D eigenvalue weighted by Crippen LogP contribution is 2.31. The van der Waals surface area contributed by atoms with Crippen molar-refractivity contribution < 1.29 is 15.3 Å². The van der Waals surface area contributed by atoms with E-state index < -0.39 is 0 Å². The second-order valence-corrected chi connectivity index (χ2v) is 9.49. The quantitative estimate of drug-likeness (QED) is 0.203. The van der Waals surface area contributed by atoms with Crippen LogP contribution in [0.4, 0.5) is 0 Å². The number of nitrogens with zero attached hydrogens (tertiary/aromatic N) is 2. The van der Waals surface area contributed by atoms with Crippen molar-refractivity contribution in [2.45, 2.75) is 70.8 Å². The number of benzene rings is 2. The van der Waals surface area contributed by atoms with Gasteiger partial charge in [-0.25, -0.2) is 0 Å². The van der Waals surface area contributed by atoms with Crippen LogP contribution in [0, 0.1) is 0 Å². The highest BCUT2D eigenvalue weighted by atomic mass is 35.5. The Morgan fingerprint density at radius 2 is 1.63 bits per heavy atom. The van der Waals surface area contributed by atoms with Gasteiger partial charge in [0.1, 0.15) is 5.75 Å². The fourth-order valence-corrected chi connectivity index (χ4v) is 5.02. The lowest BCUT2D eigenvalue weighted by Gasteiger charge is -2.25. The summed E-state index contributed by atoms with van der Waals surface area (Å²) in [5.74, 6) is 0.366. The summed E-state index contributed by atoms with van der Waals surface area (Å²) in [5, 5.41) is 29.3. The lowest BCUT2D eigenvalue weighted by molar-refractivity contribution is 0.241. The summed E-state index contributed by atoms with van der Waals surface area (Å²) in [6.07, 6.45) is 10.4. The molecule has 0 bridgehead atoms. The smallest absolute Gasteiger partial charge is 0.160 e. The van der Waals surface area contributed by atoms with Crippen molar-refractivity contribution >= 4 is 24.8 Å². The normalized spacial score (nSPS) is 15.7. The fraction of sp³-hybridized carbons (Fsp3) is 0.571. The van der Waals surface area contributed by atoms with E-state index in [0.717, 1.165) is 51.1 Å². The number of phenolic OH excluding ortho intramolecular Hbond substituents is 3. The molecule has 2 aromatic rings. The van der Waals surface area contributed by atoms with Gasteiger partial charge in [0, 0.05) is 12.6 Å². The molecule has 198 valence electrons. The van der Waals surface area contributed by atoms with Crippen molar-refractivity contribution in [2.75, 3.05) is 32.7 Å². The van der Waals surface area contributed by atoms with Crippen molar-refractivity contribution in [1.82, 2.24) is 9.80 Å². The second-order valence-electron chi connectivity index (χ2n) is 9.49. The van der Waals surface area contributed by atoms with Crippen LogP contribution in [0.2, 0.25) is 0 Å². The molecular formula is C28H44Cl2N2O3. The van der Waals surface area contributed by atoms with E-state index in [9.17, 15) is 15.3 Å². The van der Waals surface area contributed by atoms with E-state index in [1.165, 1.54) is 50.5 Å². The van der Waals surface area contributed by atoms with Crippen LogP contribution in [-0.2, 0) is 12.8 Å². The summed E-state index contributed by atoms with van der Waals surface area (Å²) in [7, 11) is 0. The SMILES string of the molecule is CCCN(CCCCCCN1CCCC1Cc1cccc(O)c1O)CCc1ccc(O)cc1.Cl.Cl. The first kappa shape index (κ1) is 31.4. The summed E-state index contributed by atoms with van der Waals surface area (Å²) in [4.78, 5) is 5.15. The monoisotopic (exact) mass is 526 g/mol. The third kappa shape index (κ3) is 10.5. The Labute approximate surface area is 224 Å². The third-order valence-corrected chi connectivity index (χ3v) is 6.92. The Kier molecular flexibility index (Phi) is 15.2. The Bertz CT molecular complexity index is 835. The van der Waals surface area contributed by atoms with Gasteiger partial charge in [0.25, 0.3) is 0 Å². The maximum absolute atomic E-state index is 10.1. The van der Waals surface area contributed by atoms with Gasteiger partial charge in [0.2, 0.25) is 0 Å². The molecule has 35 heavy (non-hydrogen) atoms. The topological polar surface area (TPSA) is 67.2 Å². The molecule has 1 fully saturated rings. The summed E-state index contributed by atoms with van der Waals surface area (Å²) in [6.45, 7) is 7.91. The predicted octanol–water partition coefficient (Wildman–Crippen LogP) is 6.17. The standard InChI is InChI=1S/C28H42N2O3.2ClH/c1-2-17-29(21-16-23-12-14-26(31)15-13-23)18-5-3-4-6-19-30-20-8-10-25(30)22-24-9-7-11-27(32)28(24)33;;/h7,9,11-15,25,31-33H,2-6,8,10,16-22H2,1H3;2*1H. The molecule has 0 aliphatic carbocycles. The first-order valence-corrected chi connectivity index (χ1v) is 12.8. The van der Waals surface area contributed by atoms with E-state index in [1.807, 2.05) is 24.3 Å². The van der Waals surface area contributed by atoms with E-state index in [1.54, 1.807) is 18.2 Å². The number of likely N-dealkylation sites (tertiary alicyclic amines) is 1. The molecule has 1 saturated heterocycles. The molecule has 7 heteroatoms. The van der Waals surface area contributed by atoms with Crippen molar-refractivity contribution in [3.8, 4) is 17.2 Å². The zero-order valence-corrected chi connectivity index (χ0v) is 22.7. The van der Waals surface area contributed by atoms with Gasteiger partial charge in [0.05, 0.1) is 0 Å². The maximum atomic E-state index is 10.1. The molecule has 5 nitrogen and oxygen atoms in total. The number of halogens is 2. The minimum Gasteiger partial charge on any atom is -0.508 e. The number of hydrogen-bond donors (Lipinski definition) is 3. The van der Waals surface area contributed by atoms with Crippen LogP contribution in [0.1, 0.15) is 63.0 Å². The second kappa shape index (κ2) is 16.9. The lowest BCUT2D eigenvalue weighted by atomic mass is 10.0. The van der Waals surface area contributed by atoms with Gasteiger partial charge in [0.15, 0.2) is 11.5 Å². The fourth-order valence-electron chi connectivity index (χ4n) is 5.02. The summed E-state index contributed by atoms with van der Waals surface area (Å²) in [6, 6.07) is 13.3. The van der Waals surface area contributed by atoms with E-state index in [2.05, 4.69) is 16.7 Å². The molecule has 1 aliphatic rings. The molecular weight excluding hydrogens is 483 g/mol. The zero-order valence-electron chi connectivity index (χ0n) is 21.1. The molecule has 0 spiro atoms. The number of phenols is 3. The van der Waals surface area contributed by atoms with Crippen molar-refractivity contribution in [1.29, 1.82) is 0 Å². The molecule has 2 aromatic carbocycles. The van der Waals surface area contributed by atoms with Gasteiger partial charge in [-0.2, -0.15) is 0 Å². The molecule has 1 atom stereocenters. The largest absolute Gasteiger partial charge is 0.508 e. The average Bonchev–Trinajstić information content (AvgIpc) is 3.25. The average molecular weight is 528 g/mol. The molecule has 1 heterocycles. The molecule has 0 aromatic heterocycles. The van der Waals surface area contributed by atoms with Gasteiger partial charge in [-0.05, 0) is 100 Å². The van der Waals surface area contributed by atoms with Gasteiger partial charge in [-0.1, -0.05) is 44.0 Å². The summed E-state index contributed by atoms with van der Waals surface area (Å²) < 4.78 is 0. The maximum Gasteiger partial charge on any atom is 0.160 e. The predicted molar refractivity (Wildman–Crippen MR) is 150 cm³/mol. The lowest BCUT2D eigenvalue weighted by Crippen LogP contribution is -2.32. The first-order valence-electron chi connectivity index (χ1n) is 12.8.